The average Bonchev–Trinajstić information content (AvgIpc) is 2.42. The zero-order chi connectivity index (χ0) is 16.0. The standard InChI is InChI=1S/C16H34O4S/c1-3-4-5-6-7-8-9-10-11-12-13-14-16(2)15-20-21(17,18)19/h16H,3-15H2,1-2H3,(H,17,18,19). The molecule has 0 aliphatic rings. The van der Waals surface area contributed by atoms with Crippen molar-refractivity contribution in [3.8, 4) is 0 Å². The first-order chi connectivity index (χ1) is 9.95. The van der Waals surface area contributed by atoms with E-state index in [4.69, 9.17) is 4.55 Å². The van der Waals surface area contributed by atoms with Crippen molar-refractivity contribution < 1.29 is 17.2 Å². The lowest BCUT2D eigenvalue weighted by Gasteiger charge is -2.09. The summed E-state index contributed by atoms with van der Waals surface area (Å²) in [4.78, 5) is 0. The Bertz CT molecular complexity index is 314. The Kier molecular flexibility index (Phi) is 13.4. The second-order valence-electron chi connectivity index (χ2n) is 6.14. The Labute approximate surface area is 131 Å². The first-order valence-electron chi connectivity index (χ1n) is 8.57. The molecule has 0 aliphatic carbocycles. The van der Waals surface area contributed by atoms with Crippen LogP contribution in [0.25, 0.3) is 0 Å². The minimum absolute atomic E-state index is 0.0800. The molecule has 0 heterocycles. The van der Waals surface area contributed by atoms with Crippen molar-refractivity contribution in [2.24, 2.45) is 5.92 Å². The molecule has 1 N–H and O–H groups in total. The highest BCUT2D eigenvalue weighted by Crippen LogP contribution is 2.14. The van der Waals surface area contributed by atoms with E-state index in [1.165, 1.54) is 64.2 Å². The quantitative estimate of drug-likeness (QED) is 0.335. The van der Waals surface area contributed by atoms with Crippen LogP contribution in [0.15, 0.2) is 0 Å². The minimum atomic E-state index is -4.27. The van der Waals surface area contributed by atoms with Crippen molar-refractivity contribution in [1.29, 1.82) is 0 Å². The van der Waals surface area contributed by atoms with Gasteiger partial charge in [0.15, 0.2) is 0 Å². The molecule has 0 aromatic heterocycles. The van der Waals surface area contributed by atoms with Crippen LogP contribution in [0.3, 0.4) is 0 Å². The van der Waals surface area contributed by atoms with Gasteiger partial charge < -0.3 is 0 Å². The fraction of sp³-hybridized carbons (Fsp3) is 1.00. The van der Waals surface area contributed by atoms with Gasteiger partial charge in [-0.05, 0) is 12.3 Å². The second-order valence-corrected chi connectivity index (χ2v) is 7.23. The van der Waals surface area contributed by atoms with Gasteiger partial charge in [0.25, 0.3) is 0 Å². The lowest BCUT2D eigenvalue weighted by atomic mass is 10.0. The first kappa shape index (κ1) is 20.9. The molecule has 0 bridgehead atoms. The molecule has 0 fully saturated rings. The Morgan fingerprint density at radius 1 is 0.857 bits per heavy atom. The maximum atomic E-state index is 10.4. The molecule has 0 saturated carbocycles. The summed E-state index contributed by atoms with van der Waals surface area (Å²) >= 11 is 0. The molecule has 0 spiro atoms. The van der Waals surface area contributed by atoms with Gasteiger partial charge in [-0.1, -0.05) is 84.5 Å². The maximum absolute atomic E-state index is 10.4. The Morgan fingerprint density at radius 2 is 1.29 bits per heavy atom. The van der Waals surface area contributed by atoms with Gasteiger partial charge in [-0.2, -0.15) is 8.42 Å². The van der Waals surface area contributed by atoms with Crippen molar-refractivity contribution in [3.63, 3.8) is 0 Å². The molecule has 0 amide bonds. The molecule has 5 heteroatoms. The van der Waals surface area contributed by atoms with Gasteiger partial charge in [-0.15, -0.1) is 0 Å². The predicted octanol–water partition coefficient (Wildman–Crippen LogP) is 5.14. The van der Waals surface area contributed by atoms with Crippen molar-refractivity contribution in [2.45, 2.75) is 90.9 Å². The van der Waals surface area contributed by atoms with Crippen LogP contribution in [0.1, 0.15) is 90.9 Å². The molecule has 0 aromatic carbocycles. The Hall–Kier alpha value is -0.130. The van der Waals surface area contributed by atoms with Gasteiger partial charge in [-0.3, -0.25) is 4.55 Å². The zero-order valence-electron chi connectivity index (χ0n) is 13.8. The topological polar surface area (TPSA) is 63.6 Å². The number of hydrogen-bond donors (Lipinski definition) is 1. The molecular formula is C16H34O4S. The molecular weight excluding hydrogens is 288 g/mol. The lowest BCUT2D eigenvalue weighted by Crippen LogP contribution is -2.11. The highest BCUT2D eigenvalue weighted by atomic mass is 32.3. The van der Waals surface area contributed by atoms with Crippen molar-refractivity contribution in [1.82, 2.24) is 0 Å². The van der Waals surface area contributed by atoms with Crippen molar-refractivity contribution in [2.75, 3.05) is 6.61 Å². The van der Waals surface area contributed by atoms with Gasteiger partial charge in [0.05, 0.1) is 6.61 Å². The summed E-state index contributed by atoms with van der Waals surface area (Å²) in [6, 6.07) is 0. The third-order valence-corrected chi connectivity index (χ3v) is 4.24. The van der Waals surface area contributed by atoms with Crippen LogP contribution in [0.2, 0.25) is 0 Å². The Morgan fingerprint density at radius 3 is 1.71 bits per heavy atom. The van der Waals surface area contributed by atoms with Crippen LogP contribution in [0.4, 0.5) is 0 Å². The first-order valence-corrected chi connectivity index (χ1v) is 9.94. The molecule has 0 saturated heterocycles. The average molecular weight is 323 g/mol. The zero-order valence-corrected chi connectivity index (χ0v) is 14.7. The van der Waals surface area contributed by atoms with Crippen LogP contribution in [-0.2, 0) is 14.6 Å². The van der Waals surface area contributed by atoms with Gasteiger partial charge >= 0.3 is 10.4 Å². The van der Waals surface area contributed by atoms with Gasteiger partial charge in [0.1, 0.15) is 0 Å². The van der Waals surface area contributed by atoms with E-state index in [1.807, 2.05) is 6.92 Å². The smallest absolute Gasteiger partial charge is 0.264 e. The highest BCUT2D eigenvalue weighted by molar-refractivity contribution is 7.80. The van der Waals surface area contributed by atoms with Crippen molar-refractivity contribution in [3.05, 3.63) is 0 Å². The second kappa shape index (κ2) is 13.5. The third-order valence-electron chi connectivity index (χ3n) is 3.80. The Balaban J connectivity index is 3.21. The van der Waals surface area contributed by atoms with Gasteiger partial charge in [0.2, 0.25) is 0 Å². The summed E-state index contributed by atoms with van der Waals surface area (Å²) in [7, 11) is -4.27. The van der Waals surface area contributed by atoms with E-state index in [9.17, 15) is 8.42 Å². The summed E-state index contributed by atoms with van der Waals surface area (Å²) < 4.78 is 33.7. The van der Waals surface area contributed by atoms with Gasteiger partial charge in [-0.25, -0.2) is 4.18 Å². The number of rotatable bonds is 15. The normalized spacial score (nSPS) is 13.5. The summed E-state index contributed by atoms with van der Waals surface area (Å²) in [6.07, 6.45) is 15.4. The van der Waals surface area contributed by atoms with E-state index in [1.54, 1.807) is 0 Å². The number of hydrogen-bond acceptors (Lipinski definition) is 3. The van der Waals surface area contributed by atoms with Crippen LogP contribution in [-0.4, -0.2) is 19.6 Å². The van der Waals surface area contributed by atoms with Crippen LogP contribution in [0, 0.1) is 5.92 Å². The van der Waals surface area contributed by atoms with E-state index < -0.39 is 10.4 Å². The SMILES string of the molecule is CCCCCCCCCCCCCC(C)COS(=O)(=O)O. The summed E-state index contributed by atoms with van der Waals surface area (Å²) in [6.45, 7) is 4.27. The summed E-state index contributed by atoms with van der Waals surface area (Å²) in [5.74, 6) is 0.172. The van der Waals surface area contributed by atoms with E-state index in [0.29, 0.717) is 0 Å². The molecule has 0 rings (SSSR count). The minimum Gasteiger partial charge on any atom is -0.264 e. The van der Waals surface area contributed by atoms with E-state index >= 15 is 0 Å². The highest BCUT2D eigenvalue weighted by Gasteiger charge is 2.08. The molecule has 1 unspecified atom stereocenters. The molecule has 0 aromatic rings. The maximum Gasteiger partial charge on any atom is 0.397 e. The largest absolute Gasteiger partial charge is 0.397 e. The van der Waals surface area contributed by atoms with E-state index in [2.05, 4.69) is 11.1 Å². The summed E-state index contributed by atoms with van der Waals surface area (Å²) in [5, 5.41) is 0. The predicted molar refractivity (Wildman–Crippen MR) is 87.7 cm³/mol. The van der Waals surface area contributed by atoms with Crippen molar-refractivity contribution >= 4 is 10.4 Å². The van der Waals surface area contributed by atoms with E-state index in [-0.39, 0.29) is 12.5 Å². The molecule has 0 radical (unpaired) electrons. The molecule has 21 heavy (non-hydrogen) atoms. The van der Waals surface area contributed by atoms with Crippen LogP contribution in [0.5, 0.6) is 0 Å². The monoisotopic (exact) mass is 322 g/mol. The molecule has 128 valence electrons. The lowest BCUT2D eigenvalue weighted by molar-refractivity contribution is 0.222. The molecule has 4 nitrogen and oxygen atoms in total. The van der Waals surface area contributed by atoms with E-state index in [0.717, 1.165) is 12.8 Å². The fourth-order valence-electron chi connectivity index (χ4n) is 2.44. The van der Waals surface area contributed by atoms with Crippen LogP contribution >= 0.6 is 0 Å². The molecule has 1 atom stereocenters. The fourth-order valence-corrected chi connectivity index (χ4v) is 2.85. The van der Waals surface area contributed by atoms with Crippen LogP contribution < -0.4 is 0 Å². The summed E-state index contributed by atoms with van der Waals surface area (Å²) in [5.41, 5.74) is 0. The van der Waals surface area contributed by atoms with Gasteiger partial charge in [0, 0.05) is 0 Å². The molecule has 0 aliphatic heterocycles. The third kappa shape index (κ3) is 17.8. The number of unbranched alkanes of at least 4 members (excludes halogenated alkanes) is 10.